The minimum absolute atomic E-state index is 0. The van der Waals surface area contributed by atoms with Gasteiger partial charge in [0.2, 0.25) is 0 Å². The molecule has 1 atom stereocenters. The maximum absolute atomic E-state index is 9.78. The van der Waals surface area contributed by atoms with Crippen molar-refractivity contribution in [3.8, 4) is 11.5 Å². The lowest BCUT2D eigenvalue weighted by Gasteiger charge is -2.16. The largest absolute Gasteiger partial charge is 1.00 e. The average molecular weight is 301 g/mol. The first-order valence-corrected chi connectivity index (χ1v) is 6.50. The van der Waals surface area contributed by atoms with E-state index in [4.69, 9.17) is 9.47 Å². The Kier molecular flexibility index (Phi) is 9.90. The van der Waals surface area contributed by atoms with Gasteiger partial charge in [-0.1, -0.05) is 38.6 Å². The van der Waals surface area contributed by atoms with Gasteiger partial charge in [-0.2, -0.15) is 0 Å². The van der Waals surface area contributed by atoms with Crippen molar-refractivity contribution in [2.24, 2.45) is 0 Å². The summed E-state index contributed by atoms with van der Waals surface area (Å²) in [4.78, 5) is 0. The number of nitrogens with one attached hydrogen (secondary N) is 1. The van der Waals surface area contributed by atoms with Crippen LogP contribution in [0.5, 0.6) is 11.5 Å². The van der Waals surface area contributed by atoms with Gasteiger partial charge < -0.3 is 32.3 Å². The van der Waals surface area contributed by atoms with E-state index in [9.17, 15) is 5.11 Å². The van der Waals surface area contributed by atoms with Gasteiger partial charge in [0.1, 0.15) is 19.3 Å². The van der Waals surface area contributed by atoms with E-state index >= 15 is 0 Å². The zero-order valence-electron chi connectivity index (χ0n) is 12.0. The molecule has 0 bridgehead atoms. The van der Waals surface area contributed by atoms with Crippen molar-refractivity contribution in [2.45, 2.75) is 26.0 Å². The molecule has 0 aliphatic rings. The third kappa shape index (κ3) is 7.38. The van der Waals surface area contributed by atoms with E-state index in [0.717, 1.165) is 0 Å². The van der Waals surface area contributed by atoms with Crippen LogP contribution < -0.4 is 27.2 Å². The number of hydrogen-bond donors (Lipinski definition) is 2. The summed E-state index contributed by atoms with van der Waals surface area (Å²) >= 11 is 0. The lowest BCUT2D eigenvalue weighted by atomic mass is 10.3. The number of halogens is 1. The van der Waals surface area contributed by atoms with E-state index < -0.39 is 6.10 Å². The van der Waals surface area contributed by atoms with Crippen molar-refractivity contribution in [3.05, 3.63) is 36.9 Å². The zero-order chi connectivity index (χ0) is 14.1. The van der Waals surface area contributed by atoms with Crippen LogP contribution in [-0.2, 0) is 0 Å². The lowest BCUT2D eigenvalue weighted by molar-refractivity contribution is -0.00000627. The molecule has 5 heteroatoms. The van der Waals surface area contributed by atoms with Crippen LogP contribution >= 0.6 is 0 Å². The first-order valence-electron chi connectivity index (χ1n) is 6.50. The Morgan fingerprint density at radius 2 is 1.85 bits per heavy atom. The highest BCUT2D eigenvalue weighted by Gasteiger charge is 2.08. The Labute approximate surface area is 127 Å². The van der Waals surface area contributed by atoms with Crippen molar-refractivity contribution >= 4 is 0 Å². The molecule has 20 heavy (non-hydrogen) atoms. The number of aliphatic hydroxyl groups excluding tert-OH is 1. The predicted octanol–water partition coefficient (Wildman–Crippen LogP) is -1.01. The number of ether oxygens (including phenoxy) is 2. The molecule has 0 heterocycles. The van der Waals surface area contributed by atoms with Crippen molar-refractivity contribution < 1.29 is 27.0 Å². The Morgan fingerprint density at radius 3 is 2.40 bits per heavy atom. The molecule has 114 valence electrons. The summed E-state index contributed by atoms with van der Waals surface area (Å²) in [7, 11) is 0. The topological polar surface area (TPSA) is 50.7 Å². The summed E-state index contributed by atoms with van der Waals surface area (Å²) in [6.07, 6.45) is 1.13. The Bertz CT molecular complexity index is 385. The maximum Gasteiger partial charge on any atom is 0.161 e. The molecular formula is C15H23ClNO3-. The number of benzene rings is 1. The summed E-state index contributed by atoms with van der Waals surface area (Å²) in [5.41, 5.74) is 0. The van der Waals surface area contributed by atoms with Crippen molar-refractivity contribution in [3.63, 3.8) is 0 Å². The predicted molar refractivity (Wildman–Crippen MR) is 76.8 cm³/mol. The van der Waals surface area contributed by atoms with Gasteiger partial charge in [-0.25, -0.2) is 0 Å². The third-order valence-corrected chi connectivity index (χ3v) is 2.40. The molecule has 0 saturated carbocycles. The van der Waals surface area contributed by atoms with Crippen LogP contribution in [0.1, 0.15) is 13.8 Å². The Morgan fingerprint density at radius 1 is 1.25 bits per heavy atom. The Hall–Kier alpha value is -1.23. The van der Waals surface area contributed by atoms with Gasteiger partial charge in [-0.15, -0.1) is 0 Å². The number of aliphatic hydroxyl groups is 1. The van der Waals surface area contributed by atoms with Gasteiger partial charge in [0, 0.05) is 12.6 Å². The lowest BCUT2D eigenvalue weighted by Crippen LogP contribution is -3.00. The Balaban J connectivity index is 0.00000361. The molecule has 0 amide bonds. The van der Waals surface area contributed by atoms with Crippen LogP contribution in [0.15, 0.2) is 36.9 Å². The highest BCUT2D eigenvalue weighted by atomic mass is 35.5. The van der Waals surface area contributed by atoms with Gasteiger partial charge >= 0.3 is 0 Å². The molecule has 0 radical (unpaired) electrons. The van der Waals surface area contributed by atoms with E-state index in [1.807, 2.05) is 38.1 Å². The van der Waals surface area contributed by atoms with Crippen LogP contribution in [0.4, 0.5) is 0 Å². The molecule has 0 fully saturated rings. The molecule has 4 nitrogen and oxygen atoms in total. The first-order chi connectivity index (χ1) is 9.13. The fourth-order valence-electron chi connectivity index (χ4n) is 1.45. The number of hydrogen-bond acceptors (Lipinski definition) is 4. The minimum atomic E-state index is -0.546. The van der Waals surface area contributed by atoms with E-state index in [1.165, 1.54) is 0 Å². The SMILES string of the molecule is C=CCOc1ccccc1OCC(O)CNC(C)C.[Cl-]. The van der Waals surface area contributed by atoms with Crippen molar-refractivity contribution in [1.82, 2.24) is 5.32 Å². The molecule has 1 aromatic rings. The van der Waals surface area contributed by atoms with Gasteiger partial charge in [0.15, 0.2) is 11.5 Å². The van der Waals surface area contributed by atoms with Gasteiger partial charge in [0.05, 0.1) is 0 Å². The summed E-state index contributed by atoms with van der Waals surface area (Å²) in [6.45, 7) is 8.84. The maximum atomic E-state index is 9.78. The van der Waals surface area contributed by atoms with Crippen LogP contribution in [0.3, 0.4) is 0 Å². The summed E-state index contributed by atoms with van der Waals surface area (Å²) in [5, 5.41) is 12.9. The normalized spacial score (nSPS) is 11.6. The monoisotopic (exact) mass is 300 g/mol. The second-order valence-electron chi connectivity index (χ2n) is 4.57. The molecule has 1 aromatic carbocycles. The van der Waals surface area contributed by atoms with Crippen LogP contribution in [0.2, 0.25) is 0 Å². The molecule has 0 aromatic heterocycles. The van der Waals surface area contributed by atoms with E-state index in [1.54, 1.807) is 6.08 Å². The standard InChI is InChI=1S/C15H23NO3.ClH/c1-4-9-18-14-7-5-6-8-15(14)19-11-13(17)10-16-12(2)3;/h4-8,12-13,16-17H,1,9-11H2,2-3H3;1H/p-1. The fourth-order valence-corrected chi connectivity index (χ4v) is 1.45. The van der Waals surface area contributed by atoms with Gasteiger partial charge in [-0.3, -0.25) is 0 Å². The second kappa shape index (κ2) is 10.5. The van der Waals surface area contributed by atoms with Crippen LogP contribution in [-0.4, -0.2) is 37.0 Å². The molecule has 1 rings (SSSR count). The molecule has 0 saturated heterocycles. The summed E-state index contributed by atoms with van der Waals surface area (Å²) in [5.74, 6) is 1.29. The third-order valence-electron chi connectivity index (χ3n) is 2.40. The first kappa shape index (κ1) is 18.8. The quantitative estimate of drug-likeness (QED) is 0.574. The second-order valence-corrected chi connectivity index (χ2v) is 4.57. The number of rotatable bonds is 9. The van der Waals surface area contributed by atoms with E-state index in [2.05, 4.69) is 11.9 Å². The average Bonchev–Trinajstić information content (AvgIpc) is 2.41. The fraction of sp³-hybridized carbons (Fsp3) is 0.467. The molecule has 1 unspecified atom stereocenters. The van der Waals surface area contributed by atoms with Gasteiger partial charge in [-0.05, 0) is 12.1 Å². The minimum Gasteiger partial charge on any atom is -1.00 e. The molecular weight excluding hydrogens is 278 g/mol. The van der Waals surface area contributed by atoms with E-state index in [-0.39, 0.29) is 19.0 Å². The van der Waals surface area contributed by atoms with Crippen molar-refractivity contribution in [1.29, 1.82) is 0 Å². The summed E-state index contributed by atoms with van der Waals surface area (Å²) < 4.78 is 11.1. The van der Waals surface area contributed by atoms with E-state index in [0.29, 0.717) is 30.7 Å². The molecule has 0 aliphatic carbocycles. The smallest absolute Gasteiger partial charge is 0.161 e. The zero-order valence-corrected chi connectivity index (χ0v) is 12.8. The highest BCUT2D eigenvalue weighted by Crippen LogP contribution is 2.26. The number of para-hydroxylation sites is 2. The van der Waals surface area contributed by atoms with Crippen LogP contribution in [0, 0.1) is 0 Å². The summed E-state index contributed by atoms with van der Waals surface area (Å²) in [6, 6.07) is 7.74. The molecule has 2 N–H and O–H groups in total. The highest BCUT2D eigenvalue weighted by molar-refractivity contribution is 5.39. The van der Waals surface area contributed by atoms with Crippen LogP contribution in [0.25, 0.3) is 0 Å². The molecule has 0 spiro atoms. The van der Waals surface area contributed by atoms with Gasteiger partial charge in [0.25, 0.3) is 0 Å². The van der Waals surface area contributed by atoms with Crippen molar-refractivity contribution in [2.75, 3.05) is 19.8 Å². The molecule has 0 aliphatic heterocycles.